The van der Waals surface area contributed by atoms with E-state index in [0.29, 0.717) is 42.7 Å². The number of ether oxygens (including phenoxy) is 2. The number of rotatable bonds is 2. The van der Waals surface area contributed by atoms with Crippen molar-refractivity contribution in [3.05, 3.63) is 29.7 Å². The SMILES string of the molecule is O=Cc1cc(C2(O)CCC3(CC2O)OCCO3)c2ncnn2c1. The lowest BCUT2D eigenvalue weighted by Gasteiger charge is -2.44. The molecule has 2 unspecified atom stereocenters. The van der Waals surface area contributed by atoms with Gasteiger partial charge in [-0.15, -0.1) is 0 Å². The third-order valence-electron chi connectivity index (χ3n) is 4.76. The van der Waals surface area contributed by atoms with Crippen LogP contribution in [0.15, 0.2) is 18.6 Å². The van der Waals surface area contributed by atoms with Crippen molar-refractivity contribution in [1.29, 1.82) is 0 Å². The third-order valence-corrected chi connectivity index (χ3v) is 4.76. The normalized spacial score (nSPS) is 30.1. The van der Waals surface area contributed by atoms with Crippen LogP contribution in [-0.2, 0) is 15.1 Å². The molecule has 23 heavy (non-hydrogen) atoms. The highest BCUT2D eigenvalue weighted by Gasteiger charge is 2.52. The van der Waals surface area contributed by atoms with Crippen LogP contribution in [0.25, 0.3) is 5.65 Å². The monoisotopic (exact) mass is 319 g/mol. The molecule has 1 aliphatic carbocycles. The first-order valence-corrected chi connectivity index (χ1v) is 7.54. The van der Waals surface area contributed by atoms with Crippen molar-refractivity contribution < 1.29 is 24.5 Å². The summed E-state index contributed by atoms with van der Waals surface area (Å²) in [4.78, 5) is 15.3. The average Bonchev–Trinajstić information content (AvgIpc) is 3.20. The van der Waals surface area contributed by atoms with Gasteiger partial charge in [0.15, 0.2) is 17.7 Å². The second-order valence-electron chi connectivity index (χ2n) is 6.08. The number of aliphatic hydroxyl groups excluding tert-OH is 1. The van der Waals surface area contributed by atoms with Gasteiger partial charge in [-0.3, -0.25) is 4.79 Å². The van der Waals surface area contributed by atoms with Crippen LogP contribution in [0.2, 0.25) is 0 Å². The second-order valence-corrected chi connectivity index (χ2v) is 6.08. The number of pyridine rings is 1. The molecule has 0 aromatic carbocycles. The lowest BCUT2D eigenvalue weighted by atomic mass is 9.75. The molecule has 1 aliphatic heterocycles. The number of nitrogens with zero attached hydrogens (tertiary/aromatic N) is 3. The minimum absolute atomic E-state index is 0.162. The minimum atomic E-state index is -1.53. The van der Waals surface area contributed by atoms with Gasteiger partial charge in [0.05, 0.1) is 19.3 Å². The molecule has 2 aromatic rings. The summed E-state index contributed by atoms with van der Waals surface area (Å²) < 4.78 is 12.7. The first-order chi connectivity index (χ1) is 11.1. The van der Waals surface area contributed by atoms with E-state index in [1.54, 1.807) is 6.07 Å². The molecule has 2 N–H and O–H groups in total. The number of aliphatic hydroxyl groups is 2. The molecule has 0 bridgehead atoms. The third kappa shape index (κ3) is 2.18. The van der Waals surface area contributed by atoms with Crippen LogP contribution in [0.1, 0.15) is 35.2 Å². The molecule has 8 nitrogen and oxygen atoms in total. The van der Waals surface area contributed by atoms with Crippen LogP contribution >= 0.6 is 0 Å². The standard InChI is InChI=1S/C15H17N3O5/c19-8-10-5-11(13-16-9-17-18(13)7-10)15(21)2-1-14(6-12(15)20)22-3-4-23-14/h5,7-9,12,20-21H,1-4,6H2. The van der Waals surface area contributed by atoms with Crippen LogP contribution in [-0.4, -0.2) is 56.2 Å². The Bertz CT molecular complexity index is 755. The molecule has 0 radical (unpaired) electrons. The van der Waals surface area contributed by atoms with E-state index in [1.165, 1.54) is 17.0 Å². The Balaban J connectivity index is 1.77. The van der Waals surface area contributed by atoms with Crippen molar-refractivity contribution >= 4 is 11.9 Å². The summed E-state index contributed by atoms with van der Waals surface area (Å²) in [6.07, 6.45) is 3.30. The molecular formula is C15H17N3O5. The highest BCUT2D eigenvalue weighted by molar-refractivity contribution is 5.76. The Hall–Kier alpha value is -1.87. The maximum atomic E-state index is 11.2. The Labute approximate surface area is 131 Å². The lowest BCUT2D eigenvalue weighted by Crippen LogP contribution is -2.52. The lowest BCUT2D eigenvalue weighted by molar-refractivity contribution is -0.239. The zero-order valence-electron chi connectivity index (χ0n) is 12.4. The average molecular weight is 319 g/mol. The molecule has 0 amide bonds. The number of aldehydes is 1. The molecule has 1 saturated carbocycles. The molecule has 4 rings (SSSR count). The highest BCUT2D eigenvalue weighted by Crippen LogP contribution is 2.45. The summed E-state index contributed by atoms with van der Waals surface area (Å²) in [5.41, 5.74) is -0.373. The maximum absolute atomic E-state index is 11.2. The fourth-order valence-electron chi connectivity index (χ4n) is 3.52. The summed E-state index contributed by atoms with van der Waals surface area (Å²) in [7, 11) is 0. The predicted molar refractivity (Wildman–Crippen MR) is 76.8 cm³/mol. The smallest absolute Gasteiger partial charge is 0.171 e. The Kier molecular flexibility index (Phi) is 3.24. The molecule has 2 atom stereocenters. The minimum Gasteiger partial charge on any atom is -0.390 e. The van der Waals surface area contributed by atoms with Crippen LogP contribution in [0.5, 0.6) is 0 Å². The Morgan fingerprint density at radius 3 is 2.83 bits per heavy atom. The van der Waals surface area contributed by atoms with E-state index in [-0.39, 0.29) is 12.8 Å². The van der Waals surface area contributed by atoms with Crippen LogP contribution < -0.4 is 0 Å². The van der Waals surface area contributed by atoms with Crippen molar-refractivity contribution in [3.8, 4) is 0 Å². The molecule has 1 spiro atoms. The predicted octanol–water partition coefficient (Wildman–Crippen LogP) is 0.0173. The Morgan fingerprint density at radius 1 is 1.35 bits per heavy atom. The van der Waals surface area contributed by atoms with Crippen molar-refractivity contribution in [2.45, 2.75) is 36.8 Å². The van der Waals surface area contributed by atoms with Crippen molar-refractivity contribution in [1.82, 2.24) is 14.6 Å². The molecule has 2 fully saturated rings. The van der Waals surface area contributed by atoms with E-state index in [2.05, 4.69) is 10.1 Å². The fourth-order valence-corrected chi connectivity index (χ4v) is 3.52. The van der Waals surface area contributed by atoms with Gasteiger partial charge < -0.3 is 19.7 Å². The van der Waals surface area contributed by atoms with Gasteiger partial charge in [0.25, 0.3) is 0 Å². The first kappa shape index (κ1) is 14.7. The topological polar surface area (TPSA) is 106 Å². The van der Waals surface area contributed by atoms with Crippen molar-refractivity contribution in [2.24, 2.45) is 0 Å². The van der Waals surface area contributed by atoms with Gasteiger partial charge in [-0.25, -0.2) is 9.50 Å². The quantitative estimate of drug-likeness (QED) is 0.751. The second kappa shape index (κ2) is 5.07. The summed E-state index contributed by atoms with van der Waals surface area (Å²) in [6.45, 7) is 0.973. The van der Waals surface area contributed by atoms with E-state index in [9.17, 15) is 15.0 Å². The number of hydrogen-bond acceptors (Lipinski definition) is 7. The van der Waals surface area contributed by atoms with E-state index in [4.69, 9.17) is 9.47 Å². The van der Waals surface area contributed by atoms with E-state index >= 15 is 0 Å². The molecule has 1 saturated heterocycles. The summed E-state index contributed by atoms with van der Waals surface area (Å²) in [6, 6.07) is 1.55. The maximum Gasteiger partial charge on any atom is 0.171 e. The summed E-state index contributed by atoms with van der Waals surface area (Å²) >= 11 is 0. The van der Waals surface area contributed by atoms with Gasteiger partial charge in [-0.1, -0.05) is 0 Å². The van der Waals surface area contributed by atoms with E-state index in [1.807, 2.05) is 0 Å². The van der Waals surface area contributed by atoms with Gasteiger partial charge >= 0.3 is 0 Å². The first-order valence-electron chi connectivity index (χ1n) is 7.54. The largest absolute Gasteiger partial charge is 0.390 e. The molecule has 122 valence electrons. The fraction of sp³-hybridized carbons (Fsp3) is 0.533. The summed E-state index contributed by atoms with van der Waals surface area (Å²) in [5.74, 6) is -0.822. The zero-order chi connectivity index (χ0) is 16.1. The molecule has 2 aromatic heterocycles. The van der Waals surface area contributed by atoms with Gasteiger partial charge in [0, 0.05) is 30.2 Å². The molecular weight excluding hydrogens is 302 g/mol. The van der Waals surface area contributed by atoms with E-state index < -0.39 is 17.5 Å². The van der Waals surface area contributed by atoms with E-state index in [0.717, 1.165) is 0 Å². The van der Waals surface area contributed by atoms with Crippen molar-refractivity contribution in [2.75, 3.05) is 13.2 Å². The number of fused-ring (bicyclic) bond motifs is 1. The highest BCUT2D eigenvalue weighted by atomic mass is 16.7. The van der Waals surface area contributed by atoms with Gasteiger partial charge in [-0.05, 0) is 12.5 Å². The van der Waals surface area contributed by atoms with Crippen LogP contribution in [0.4, 0.5) is 0 Å². The van der Waals surface area contributed by atoms with Gasteiger partial charge in [-0.2, -0.15) is 5.10 Å². The molecule has 2 aliphatic rings. The number of hydrogen-bond donors (Lipinski definition) is 2. The van der Waals surface area contributed by atoms with Gasteiger partial charge in [0.2, 0.25) is 0 Å². The molecule has 3 heterocycles. The van der Waals surface area contributed by atoms with Crippen molar-refractivity contribution in [3.63, 3.8) is 0 Å². The Morgan fingerprint density at radius 2 is 2.13 bits per heavy atom. The zero-order valence-corrected chi connectivity index (χ0v) is 12.4. The van der Waals surface area contributed by atoms with Crippen LogP contribution in [0, 0.1) is 0 Å². The summed E-state index contributed by atoms with van der Waals surface area (Å²) in [5, 5.41) is 25.8. The number of aromatic nitrogens is 3. The number of carbonyl (C=O) groups is 1. The number of carbonyl (C=O) groups excluding carboxylic acids is 1. The van der Waals surface area contributed by atoms with Gasteiger partial charge in [0.1, 0.15) is 11.9 Å². The molecule has 8 heteroatoms. The van der Waals surface area contributed by atoms with Crippen LogP contribution in [0.3, 0.4) is 0 Å².